The lowest BCUT2D eigenvalue weighted by atomic mass is 10.0. The topological polar surface area (TPSA) is 95.9 Å². The molecule has 0 radical (unpaired) electrons. The maximum Gasteiger partial charge on any atom is 0.305 e. The van der Waals surface area contributed by atoms with E-state index in [4.69, 9.17) is 4.74 Å². The summed E-state index contributed by atoms with van der Waals surface area (Å²) in [7, 11) is 0. The van der Waals surface area contributed by atoms with Crippen LogP contribution in [-0.2, 0) is 14.3 Å². The van der Waals surface area contributed by atoms with Gasteiger partial charge in [-0.05, 0) is 89.9 Å². The van der Waals surface area contributed by atoms with Gasteiger partial charge in [-0.3, -0.25) is 9.59 Å². The van der Waals surface area contributed by atoms with Gasteiger partial charge in [-0.1, -0.05) is 332 Å². The SMILES string of the molecule is CCCCC/C=C\C/C=C\CCCCCCCC(=O)OCCCCCCCCCCCCCC/C=C\CCCCCCCCCCCCCC(=O)NC(CO)C(O)/C=C/CCCCCCCCCCCCCCCCCCCCC. The molecule has 0 aliphatic carbocycles. The van der Waals surface area contributed by atoms with Gasteiger partial charge in [0.25, 0.3) is 0 Å². The minimum Gasteiger partial charge on any atom is -0.466 e. The van der Waals surface area contributed by atoms with Crippen LogP contribution in [-0.4, -0.2) is 47.4 Å². The van der Waals surface area contributed by atoms with Crippen molar-refractivity contribution < 1.29 is 24.5 Å². The Bertz CT molecular complexity index is 1340. The van der Waals surface area contributed by atoms with Gasteiger partial charge in [-0.15, -0.1) is 0 Å². The Labute approximate surface area is 499 Å². The summed E-state index contributed by atoms with van der Waals surface area (Å²) >= 11 is 0. The van der Waals surface area contributed by atoms with Gasteiger partial charge in [0.05, 0.1) is 25.4 Å². The zero-order valence-corrected chi connectivity index (χ0v) is 53.8. The van der Waals surface area contributed by atoms with Crippen molar-refractivity contribution in [1.82, 2.24) is 5.32 Å². The van der Waals surface area contributed by atoms with Crippen LogP contribution in [0.1, 0.15) is 386 Å². The van der Waals surface area contributed by atoms with Crippen LogP contribution in [0.5, 0.6) is 0 Å². The first kappa shape index (κ1) is 77.8. The number of hydrogen-bond acceptors (Lipinski definition) is 5. The van der Waals surface area contributed by atoms with Gasteiger partial charge in [-0.2, -0.15) is 0 Å². The highest BCUT2D eigenvalue weighted by Gasteiger charge is 2.18. The lowest BCUT2D eigenvalue weighted by Gasteiger charge is -2.20. The quantitative estimate of drug-likeness (QED) is 0.0320. The Hall–Kier alpha value is -2.18. The summed E-state index contributed by atoms with van der Waals surface area (Å²) < 4.78 is 5.48. The molecule has 0 spiro atoms. The fraction of sp³-hybridized carbons (Fsp3) is 0.865. The van der Waals surface area contributed by atoms with Crippen molar-refractivity contribution in [3.05, 3.63) is 48.6 Å². The molecule has 0 aromatic heterocycles. The molecule has 1 amide bonds. The van der Waals surface area contributed by atoms with E-state index in [0.717, 1.165) is 51.4 Å². The largest absolute Gasteiger partial charge is 0.466 e. The van der Waals surface area contributed by atoms with E-state index in [-0.39, 0.29) is 18.5 Å². The first-order chi connectivity index (χ1) is 39.5. The maximum atomic E-state index is 12.5. The van der Waals surface area contributed by atoms with Crippen LogP contribution in [0.25, 0.3) is 0 Å². The summed E-state index contributed by atoms with van der Waals surface area (Å²) in [5.74, 6) is -0.0648. The van der Waals surface area contributed by atoms with Gasteiger partial charge >= 0.3 is 5.97 Å². The van der Waals surface area contributed by atoms with Crippen LogP contribution in [0.4, 0.5) is 0 Å². The smallest absolute Gasteiger partial charge is 0.305 e. The molecule has 80 heavy (non-hydrogen) atoms. The molecule has 3 N–H and O–H groups in total. The van der Waals surface area contributed by atoms with Crippen molar-refractivity contribution in [3.8, 4) is 0 Å². The number of unbranched alkanes of at least 4 members (excludes halogenated alkanes) is 50. The van der Waals surface area contributed by atoms with E-state index >= 15 is 0 Å². The molecule has 470 valence electrons. The molecule has 6 nitrogen and oxygen atoms in total. The lowest BCUT2D eigenvalue weighted by molar-refractivity contribution is -0.143. The zero-order valence-electron chi connectivity index (χ0n) is 53.8. The van der Waals surface area contributed by atoms with Crippen molar-refractivity contribution in [2.24, 2.45) is 0 Å². The minimum atomic E-state index is -0.847. The third kappa shape index (κ3) is 65.0. The van der Waals surface area contributed by atoms with Gasteiger partial charge in [0, 0.05) is 12.8 Å². The first-order valence-electron chi connectivity index (χ1n) is 35.9. The number of aliphatic hydroxyl groups is 2. The van der Waals surface area contributed by atoms with E-state index < -0.39 is 12.1 Å². The molecule has 0 saturated heterocycles. The molecular formula is C74H139NO5. The molecule has 0 rings (SSSR count). The summed E-state index contributed by atoms with van der Waals surface area (Å²) in [5, 5.41) is 23.3. The molecule has 0 aromatic rings. The van der Waals surface area contributed by atoms with E-state index in [0.29, 0.717) is 19.4 Å². The van der Waals surface area contributed by atoms with E-state index in [1.54, 1.807) is 6.08 Å². The lowest BCUT2D eigenvalue weighted by Crippen LogP contribution is -2.45. The van der Waals surface area contributed by atoms with E-state index in [1.807, 2.05) is 6.08 Å². The van der Waals surface area contributed by atoms with Crippen molar-refractivity contribution >= 4 is 11.9 Å². The molecule has 0 aliphatic rings. The van der Waals surface area contributed by atoms with E-state index in [2.05, 4.69) is 55.6 Å². The number of hydrogen-bond donors (Lipinski definition) is 3. The molecule has 0 aliphatic heterocycles. The maximum absolute atomic E-state index is 12.5. The second kappa shape index (κ2) is 69.3. The van der Waals surface area contributed by atoms with Crippen LogP contribution < -0.4 is 5.32 Å². The number of esters is 1. The molecule has 0 saturated carbocycles. The normalized spacial score (nSPS) is 12.8. The number of carbonyl (C=O) groups is 2. The molecule has 6 heteroatoms. The molecule has 0 bridgehead atoms. The molecule has 2 unspecified atom stereocenters. The fourth-order valence-corrected chi connectivity index (χ4v) is 11.1. The van der Waals surface area contributed by atoms with Gasteiger partial charge in [-0.25, -0.2) is 0 Å². The number of ether oxygens (including phenoxy) is 1. The zero-order chi connectivity index (χ0) is 57.8. The van der Waals surface area contributed by atoms with Crippen LogP contribution in [0.3, 0.4) is 0 Å². The third-order valence-electron chi connectivity index (χ3n) is 16.6. The Kier molecular flexibility index (Phi) is 67.4. The Morgan fingerprint density at radius 2 is 0.625 bits per heavy atom. The number of amides is 1. The van der Waals surface area contributed by atoms with Gasteiger partial charge < -0.3 is 20.3 Å². The number of aliphatic hydroxyl groups excluding tert-OH is 2. The summed E-state index contributed by atoms with van der Waals surface area (Å²) in [6, 6.07) is -0.630. The van der Waals surface area contributed by atoms with Crippen LogP contribution in [0.2, 0.25) is 0 Å². The van der Waals surface area contributed by atoms with E-state index in [9.17, 15) is 19.8 Å². The molecule has 0 fully saturated rings. The van der Waals surface area contributed by atoms with Crippen molar-refractivity contribution in [1.29, 1.82) is 0 Å². The number of carbonyl (C=O) groups excluding carboxylic acids is 2. The number of rotatable bonds is 67. The summed E-state index contributed by atoms with van der Waals surface area (Å²) in [6.07, 6.45) is 90.5. The Morgan fingerprint density at radius 1 is 0.350 bits per heavy atom. The van der Waals surface area contributed by atoms with Crippen molar-refractivity contribution in [2.45, 2.75) is 398 Å². The van der Waals surface area contributed by atoms with Crippen molar-refractivity contribution in [3.63, 3.8) is 0 Å². The Balaban J connectivity index is 3.42. The van der Waals surface area contributed by atoms with Crippen LogP contribution >= 0.6 is 0 Å². The molecule has 2 atom stereocenters. The van der Waals surface area contributed by atoms with Crippen LogP contribution in [0.15, 0.2) is 48.6 Å². The van der Waals surface area contributed by atoms with Gasteiger partial charge in [0.15, 0.2) is 0 Å². The minimum absolute atomic E-state index is 0.000886. The number of allylic oxidation sites excluding steroid dienone is 7. The predicted octanol–water partition coefficient (Wildman–Crippen LogP) is 23.3. The highest BCUT2D eigenvalue weighted by molar-refractivity contribution is 5.76. The monoisotopic (exact) mass is 1120 g/mol. The summed E-state index contributed by atoms with van der Waals surface area (Å²) in [6.45, 7) is 4.90. The van der Waals surface area contributed by atoms with Gasteiger partial charge in [0.2, 0.25) is 5.91 Å². The average molecular weight is 1120 g/mol. The first-order valence-corrected chi connectivity index (χ1v) is 35.9. The highest BCUT2D eigenvalue weighted by Crippen LogP contribution is 2.18. The molecular weight excluding hydrogens is 983 g/mol. The standard InChI is InChI=1S/C74H139NO5/c1-3-5-7-9-11-13-15-17-19-20-21-29-32-35-39-42-46-50-54-58-62-66-72(77)71(70-76)75-73(78)67-63-59-55-51-47-43-40-36-33-30-27-25-23-22-24-26-28-31-34-37-41-45-49-53-57-61-65-69-80-74(79)68-64-60-56-52-48-44-38-18-16-14-12-10-8-6-4-2/h12,14,18,22-23,38,62,66,71-72,76-77H,3-11,13,15-17,19-21,24-37,39-61,63-65,67-70H2,1-2H3,(H,75,78)/b14-12-,23-22-,38-18-,66-62+. The third-order valence-corrected chi connectivity index (χ3v) is 16.6. The summed E-state index contributed by atoms with van der Waals surface area (Å²) in [5.41, 5.74) is 0. The molecule has 0 aromatic carbocycles. The highest BCUT2D eigenvalue weighted by atomic mass is 16.5. The molecule has 0 heterocycles. The van der Waals surface area contributed by atoms with Gasteiger partial charge in [0.1, 0.15) is 0 Å². The average Bonchev–Trinajstić information content (AvgIpc) is 3.46. The fourth-order valence-electron chi connectivity index (χ4n) is 11.1. The predicted molar refractivity (Wildman–Crippen MR) is 352 cm³/mol. The van der Waals surface area contributed by atoms with E-state index in [1.165, 1.54) is 308 Å². The Morgan fingerprint density at radius 3 is 0.988 bits per heavy atom. The number of nitrogens with one attached hydrogen (secondary N) is 1. The second-order valence-electron chi connectivity index (χ2n) is 24.6. The summed E-state index contributed by atoms with van der Waals surface area (Å²) in [4.78, 5) is 24.6. The second-order valence-corrected chi connectivity index (χ2v) is 24.6. The van der Waals surface area contributed by atoms with Crippen LogP contribution in [0, 0.1) is 0 Å². The van der Waals surface area contributed by atoms with Crippen molar-refractivity contribution in [2.75, 3.05) is 13.2 Å².